The van der Waals surface area contributed by atoms with E-state index < -0.39 is 5.92 Å². The van der Waals surface area contributed by atoms with Crippen LogP contribution >= 0.6 is 0 Å². The number of likely N-dealkylation sites (tertiary alicyclic amines) is 1. The number of nitrogens with zero attached hydrogens (tertiary/aromatic N) is 1. The molecule has 1 aliphatic heterocycles. The van der Waals surface area contributed by atoms with Crippen LogP contribution in [0.25, 0.3) is 10.9 Å². The van der Waals surface area contributed by atoms with E-state index in [-0.39, 0.29) is 30.0 Å². The van der Waals surface area contributed by atoms with Gasteiger partial charge in [0.15, 0.2) is 0 Å². The first kappa shape index (κ1) is 20.6. The van der Waals surface area contributed by atoms with Crippen molar-refractivity contribution in [2.75, 3.05) is 23.7 Å². The van der Waals surface area contributed by atoms with Gasteiger partial charge in [0.1, 0.15) is 5.82 Å². The maximum absolute atomic E-state index is 13.6. The van der Waals surface area contributed by atoms with Crippen molar-refractivity contribution in [1.82, 2.24) is 9.88 Å². The molecule has 0 bridgehead atoms. The first-order chi connectivity index (χ1) is 14.9. The molecule has 7 nitrogen and oxygen atoms in total. The largest absolute Gasteiger partial charge is 0.361 e. The van der Waals surface area contributed by atoms with Gasteiger partial charge in [-0.2, -0.15) is 0 Å². The molecular formula is C23H23FN4O3. The van der Waals surface area contributed by atoms with Crippen LogP contribution in [0.15, 0.2) is 48.7 Å². The minimum atomic E-state index is -0.428. The number of aromatic nitrogens is 1. The van der Waals surface area contributed by atoms with Crippen molar-refractivity contribution in [2.45, 2.75) is 19.8 Å². The minimum absolute atomic E-state index is 0.0628. The van der Waals surface area contributed by atoms with Gasteiger partial charge in [-0.3, -0.25) is 14.4 Å². The molecule has 1 aromatic heterocycles. The second-order valence-corrected chi connectivity index (χ2v) is 7.74. The summed E-state index contributed by atoms with van der Waals surface area (Å²) >= 11 is 0. The quantitative estimate of drug-likeness (QED) is 0.569. The second kappa shape index (κ2) is 8.59. The fourth-order valence-corrected chi connectivity index (χ4v) is 3.86. The van der Waals surface area contributed by atoms with Gasteiger partial charge in [0.05, 0.1) is 5.92 Å². The van der Waals surface area contributed by atoms with E-state index in [1.807, 2.05) is 6.20 Å². The summed E-state index contributed by atoms with van der Waals surface area (Å²) in [5.41, 5.74) is 3.04. The third-order valence-electron chi connectivity index (χ3n) is 5.44. The molecule has 3 aromatic rings. The topological polar surface area (TPSA) is 94.3 Å². The monoisotopic (exact) mass is 422 g/mol. The molecule has 1 atom stereocenters. The maximum Gasteiger partial charge on any atom is 0.229 e. The molecule has 4 rings (SSSR count). The number of anilines is 2. The fourth-order valence-electron chi connectivity index (χ4n) is 3.86. The number of rotatable bonds is 6. The van der Waals surface area contributed by atoms with E-state index in [4.69, 9.17) is 0 Å². The summed E-state index contributed by atoms with van der Waals surface area (Å²) < 4.78 is 13.6. The predicted octanol–water partition coefficient (Wildman–Crippen LogP) is 3.30. The van der Waals surface area contributed by atoms with Crippen molar-refractivity contribution in [3.05, 3.63) is 60.0 Å². The summed E-state index contributed by atoms with van der Waals surface area (Å²) in [6.07, 6.45) is 2.58. The summed E-state index contributed by atoms with van der Waals surface area (Å²) in [7, 11) is 0. The smallest absolute Gasteiger partial charge is 0.229 e. The molecule has 8 heteroatoms. The number of H-pyrrole nitrogens is 1. The Morgan fingerprint density at radius 1 is 1.13 bits per heavy atom. The Kier molecular flexibility index (Phi) is 5.70. The van der Waals surface area contributed by atoms with E-state index >= 15 is 0 Å². The number of amides is 3. The lowest BCUT2D eigenvalue weighted by atomic mass is 10.1. The molecule has 2 aromatic carbocycles. The number of hydrogen-bond acceptors (Lipinski definition) is 3. The molecule has 31 heavy (non-hydrogen) atoms. The Hall–Kier alpha value is -3.68. The third kappa shape index (κ3) is 4.74. The molecule has 1 aliphatic rings. The molecule has 0 aliphatic carbocycles. The molecule has 160 valence electrons. The normalized spacial score (nSPS) is 16.0. The van der Waals surface area contributed by atoms with Crippen molar-refractivity contribution in [3.8, 4) is 0 Å². The van der Waals surface area contributed by atoms with Gasteiger partial charge in [0, 0.05) is 54.9 Å². The van der Waals surface area contributed by atoms with E-state index in [0.29, 0.717) is 30.9 Å². The minimum Gasteiger partial charge on any atom is -0.361 e. The lowest BCUT2D eigenvalue weighted by molar-refractivity contribution is -0.128. The van der Waals surface area contributed by atoms with Crippen LogP contribution < -0.4 is 10.6 Å². The first-order valence-corrected chi connectivity index (χ1v) is 10.1. The molecule has 3 amide bonds. The van der Waals surface area contributed by atoms with E-state index in [1.165, 1.54) is 19.1 Å². The van der Waals surface area contributed by atoms with Crippen molar-refractivity contribution < 1.29 is 18.8 Å². The highest BCUT2D eigenvalue weighted by Gasteiger charge is 2.34. The number of carbonyl (C=O) groups is 3. The number of carbonyl (C=O) groups excluding carboxylic acids is 3. The van der Waals surface area contributed by atoms with Crippen LogP contribution in [-0.4, -0.2) is 40.7 Å². The Bertz CT molecular complexity index is 1140. The van der Waals surface area contributed by atoms with E-state index in [2.05, 4.69) is 15.6 Å². The van der Waals surface area contributed by atoms with Crippen molar-refractivity contribution in [3.63, 3.8) is 0 Å². The molecular weight excluding hydrogens is 399 g/mol. The van der Waals surface area contributed by atoms with E-state index in [9.17, 15) is 18.8 Å². The highest BCUT2D eigenvalue weighted by molar-refractivity contribution is 5.97. The molecule has 0 radical (unpaired) electrons. The summed E-state index contributed by atoms with van der Waals surface area (Å²) in [5.74, 6) is -1.17. The SMILES string of the molecule is CC(=O)Nc1ccc(NC(=O)[C@@H]2CC(=O)N(CCc3c[nH]c4ccc(F)cc34)C2)cc1. The molecule has 0 spiro atoms. The summed E-state index contributed by atoms with van der Waals surface area (Å²) in [6.45, 7) is 2.25. The summed E-state index contributed by atoms with van der Waals surface area (Å²) in [4.78, 5) is 40.9. The van der Waals surface area contributed by atoms with Crippen LogP contribution in [0.1, 0.15) is 18.9 Å². The van der Waals surface area contributed by atoms with Crippen molar-refractivity contribution in [1.29, 1.82) is 0 Å². The number of nitrogens with one attached hydrogen (secondary N) is 3. The Balaban J connectivity index is 1.33. The van der Waals surface area contributed by atoms with E-state index in [0.717, 1.165) is 16.5 Å². The fraction of sp³-hybridized carbons (Fsp3) is 0.261. The van der Waals surface area contributed by atoms with Gasteiger partial charge < -0.3 is 20.5 Å². The Labute approximate surface area is 178 Å². The van der Waals surface area contributed by atoms with Crippen molar-refractivity contribution >= 4 is 40.0 Å². The Morgan fingerprint density at radius 3 is 2.55 bits per heavy atom. The molecule has 0 saturated carbocycles. The Morgan fingerprint density at radius 2 is 1.84 bits per heavy atom. The molecule has 0 unspecified atom stereocenters. The lowest BCUT2D eigenvalue weighted by Gasteiger charge is -2.16. The number of hydrogen-bond donors (Lipinski definition) is 3. The molecule has 2 heterocycles. The van der Waals surface area contributed by atoms with Gasteiger partial charge in [0.25, 0.3) is 0 Å². The van der Waals surface area contributed by atoms with Crippen LogP contribution in [0.2, 0.25) is 0 Å². The average Bonchev–Trinajstić information content (AvgIpc) is 3.30. The van der Waals surface area contributed by atoms with E-state index in [1.54, 1.807) is 35.2 Å². The predicted molar refractivity (Wildman–Crippen MR) is 116 cm³/mol. The highest BCUT2D eigenvalue weighted by Crippen LogP contribution is 2.24. The van der Waals surface area contributed by atoms with Crippen LogP contribution in [0.3, 0.4) is 0 Å². The number of fused-ring (bicyclic) bond motifs is 1. The van der Waals surface area contributed by atoms with Crippen LogP contribution in [0.4, 0.5) is 15.8 Å². The van der Waals surface area contributed by atoms with Crippen molar-refractivity contribution in [2.24, 2.45) is 5.92 Å². The summed E-state index contributed by atoms with van der Waals surface area (Å²) in [6, 6.07) is 11.4. The third-order valence-corrected chi connectivity index (χ3v) is 5.44. The van der Waals surface area contributed by atoms with Crippen LogP contribution in [-0.2, 0) is 20.8 Å². The van der Waals surface area contributed by atoms with Gasteiger partial charge in [-0.25, -0.2) is 4.39 Å². The zero-order valence-electron chi connectivity index (χ0n) is 17.1. The maximum atomic E-state index is 13.6. The number of aromatic amines is 1. The number of benzene rings is 2. The standard InChI is InChI=1S/C23H23FN4O3/c1-14(29)26-18-3-5-19(6-4-18)27-23(31)16-10-22(30)28(13-16)9-8-15-12-25-21-7-2-17(24)11-20(15)21/h2-7,11-12,16,25H,8-10,13H2,1H3,(H,26,29)(H,27,31)/t16-/m1/s1. The lowest BCUT2D eigenvalue weighted by Crippen LogP contribution is -2.30. The second-order valence-electron chi connectivity index (χ2n) is 7.74. The number of halogens is 1. The molecule has 1 saturated heterocycles. The average molecular weight is 422 g/mol. The molecule has 3 N–H and O–H groups in total. The first-order valence-electron chi connectivity index (χ1n) is 10.1. The zero-order chi connectivity index (χ0) is 22.0. The van der Waals surface area contributed by atoms with Crippen LogP contribution in [0, 0.1) is 11.7 Å². The summed E-state index contributed by atoms with van der Waals surface area (Å²) in [5, 5.41) is 6.30. The van der Waals surface area contributed by atoms with Gasteiger partial charge >= 0.3 is 0 Å². The van der Waals surface area contributed by atoms with Gasteiger partial charge in [0.2, 0.25) is 17.7 Å². The van der Waals surface area contributed by atoms with Gasteiger partial charge in [-0.05, 0) is 54.4 Å². The zero-order valence-corrected chi connectivity index (χ0v) is 17.1. The highest BCUT2D eigenvalue weighted by atomic mass is 19.1. The molecule has 1 fully saturated rings. The van der Waals surface area contributed by atoms with Crippen LogP contribution in [0.5, 0.6) is 0 Å². The van der Waals surface area contributed by atoms with Gasteiger partial charge in [-0.15, -0.1) is 0 Å². The van der Waals surface area contributed by atoms with Gasteiger partial charge in [-0.1, -0.05) is 0 Å².